The lowest BCUT2D eigenvalue weighted by Crippen LogP contribution is -2.42. The molecule has 0 bridgehead atoms. The highest BCUT2D eigenvalue weighted by atomic mass is 16.4. The van der Waals surface area contributed by atoms with Crippen LogP contribution in [0.2, 0.25) is 0 Å². The Bertz CT molecular complexity index is 206. The molecule has 1 unspecified atom stereocenters. The van der Waals surface area contributed by atoms with Gasteiger partial charge >= 0.3 is 5.97 Å². The van der Waals surface area contributed by atoms with Gasteiger partial charge in [-0.15, -0.1) is 0 Å². The summed E-state index contributed by atoms with van der Waals surface area (Å²) in [5.41, 5.74) is 0. The molecule has 0 aliphatic carbocycles. The first-order valence-corrected chi connectivity index (χ1v) is 4.68. The van der Waals surface area contributed by atoms with Gasteiger partial charge in [0.1, 0.15) is 6.04 Å². The number of nitrogens with zero attached hydrogens (tertiary/aromatic N) is 1. The number of aliphatic carboxylic acids is 1. The number of likely N-dealkylation sites (N-methyl/N-ethyl adjacent to an activating group) is 1. The lowest BCUT2D eigenvalue weighted by Gasteiger charge is -2.20. The lowest BCUT2D eigenvalue weighted by molar-refractivity contribution is -0.142. The van der Waals surface area contributed by atoms with Crippen molar-refractivity contribution in [3.8, 4) is 0 Å². The summed E-state index contributed by atoms with van der Waals surface area (Å²) in [7, 11) is 1.62. The molecule has 0 fully saturated rings. The van der Waals surface area contributed by atoms with Gasteiger partial charge < -0.3 is 10.4 Å². The van der Waals surface area contributed by atoms with Crippen LogP contribution >= 0.6 is 0 Å². The summed E-state index contributed by atoms with van der Waals surface area (Å²) in [4.78, 5) is 23.2. The minimum atomic E-state index is -0.921. The molecule has 0 aromatic rings. The van der Waals surface area contributed by atoms with E-state index in [0.717, 1.165) is 6.42 Å². The van der Waals surface area contributed by atoms with E-state index < -0.39 is 12.0 Å². The first kappa shape index (κ1) is 12.9. The van der Waals surface area contributed by atoms with Crippen molar-refractivity contribution in [2.45, 2.75) is 26.3 Å². The first-order chi connectivity index (χ1) is 6.49. The molecule has 82 valence electrons. The maximum Gasteiger partial charge on any atom is 0.320 e. The zero-order chi connectivity index (χ0) is 11.1. The summed E-state index contributed by atoms with van der Waals surface area (Å²) in [6, 6.07) is -0.637. The summed E-state index contributed by atoms with van der Waals surface area (Å²) in [6.07, 6.45) is 0.879. The monoisotopic (exact) mass is 202 g/mol. The zero-order valence-electron chi connectivity index (χ0n) is 8.91. The Balaban J connectivity index is 3.86. The van der Waals surface area contributed by atoms with Crippen molar-refractivity contribution in [2.75, 3.05) is 20.1 Å². The van der Waals surface area contributed by atoms with Gasteiger partial charge in [0.25, 0.3) is 0 Å². The highest BCUT2D eigenvalue weighted by Gasteiger charge is 2.18. The molecule has 0 rings (SSSR count). The van der Waals surface area contributed by atoms with Crippen molar-refractivity contribution < 1.29 is 14.7 Å². The fraction of sp³-hybridized carbons (Fsp3) is 0.778. The summed E-state index contributed by atoms with van der Waals surface area (Å²) in [5, 5.41) is 11.4. The Morgan fingerprint density at radius 1 is 1.50 bits per heavy atom. The molecule has 1 amide bonds. The number of rotatable bonds is 6. The van der Waals surface area contributed by atoms with Crippen molar-refractivity contribution in [3.05, 3.63) is 0 Å². The van der Waals surface area contributed by atoms with Crippen molar-refractivity contribution in [3.63, 3.8) is 0 Å². The summed E-state index contributed by atoms with van der Waals surface area (Å²) >= 11 is 0. The fourth-order valence-corrected chi connectivity index (χ4v) is 0.872. The average Bonchev–Trinajstić information content (AvgIpc) is 2.13. The number of hydrogen-bond donors (Lipinski definition) is 2. The van der Waals surface area contributed by atoms with Crippen molar-refractivity contribution >= 4 is 11.9 Å². The maximum atomic E-state index is 11.2. The number of carbonyl (C=O) groups is 2. The van der Waals surface area contributed by atoms with Crippen LogP contribution in [0.3, 0.4) is 0 Å². The van der Waals surface area contributed by atoms with Crippen LogP contribution in [0, 0.1) is 0 Å². The molecule has 0 heterocycles. The molecule has 2 N–H and O–H groups in total. The van der Waals surface area contributed by atoms with E-state index in [1.807, 2.05) is 6.92 Å². The molecule has 14 heavy (non-hydrogen) atoms. The zero-order valence-corrected chi connectivity index (χ0v) is 8.91. The minimum Gasteiger partial charge on any atom is -0.480 e. The molecule has 0 aliphatic heterocycles. The number of nitrogens with one attached hydrogen (secondary N) is 1. The van der Waals surface area contributed by atoms with Gasteiger partial charge in [0.15, 0.2) is 0 Å². The number of carboxylic acid groups (broad SMARTS) is 1. The highest BCUT2D eigenvalue weighted by Crippen LogP contribution is 1.94. The second kappa shape index (κ2) is 6.37. The lowest BCUT2D eigenvalue weighted by atomic mass is 10.3. The van der Waals surface area contributed by atoms with Gasteiger partial charge in [-0.05, 0) is 20.4 Å². The Morgan fingerprint density at radius 3 is 2.50 bits per heavy atom. The van der Waals surface area contributed by atoms with E-state index >= 15 is 0 Å². The third-order valence-corrected chi connectivity index (χ3v) is 1.98. The normalized spacial score (nSPS) is 12.6. The average molecular weight is 202 g/mol. The molecule has 0 radical (unpaired) electrons. The molecule has 0 aliphatic rings. The van der Waals surface area contributed by atoms with Gasteiger partial charge in [0.05, 0.1) is 6.54 Å². The predicted molar refractivity (Wildman–Crippen MR) is 53.0 cm³/mol. The SMILES string of the molecule is CCCNC(=O)CN(C)C(C)C(=O)O. The topological polar surface area (TPSA) is 69.6 Å². The van der Waals surface area contributed by atoms with E-state index in [1.54, 1.807) is 14.0 Å². The van der Waals surface area contributed by atoms with Gasteiger partial charge in [-0.2, -0.15) is 0 Å². The Morgan fingerprint density at radius 2 is 2.07 bits per heavy atom. The molecule has 5 nitrogen and oxygen atoms in total. The molecule has 0 aromatic heterocycles. The predicted octanol–water partition coefficient (Wildman–Crippen LogP) is -0.0825. The second-order valence-corrected chi connectivity index (χ2v) is 3.28. The van der Waals surface area contributed by atoms with Crippen LogP contribution in [0.4, 0.5) is 0 Å². The highest BCUT2D eigenvalue weighted by molar-refractivity contribution is 5.79. The second-order valence-electron chi connectivity index (χ2n) is 3.28. The maximum absolute atomic E-state index is 11.2. The van der Waals surface area contributed by atoms with Crippen LogP contribution in [0.25, 0.3) is 0 Å². The largest absolute Gasteiger partial charge is 0.480 e. The molecule has 1 atom stereocenters. The van der Waals surface area contributed by atoms with E-state index in [0.29, 0.717) is 6.54 Å². The third kappa shape index (κ3) is 4.81. The van der Waals surface area contributed by atoms with E-state index in [1.165, 1.54) is 4.90 Å². The van der Waals surface area contributed by atoms with Crippen LogP contribution in [0.15, 0.2) is 0 Å². The number of carbonyl (C=O) groups excluding carboxylic acids is 1. The van der Waals surface area contributed by atoms with Gasteiger partial charge in [0.2, 0.25) is 5.91 Å². The summed E-state index contributed by atoms with van der Waals surface area (Å²) in [5.74, 6) is -1.06. The first-order valence-electron chi connectivity index (χ1n) is 4.68. The van der Waals surface area contributed by atoms with Crippen LogP contribution in [0.5, 0.6) is 0 Å². The van der Waals surface area contributed by atoms with E-state index in [-0.39, 0.29) is 12.5 Å². The fourth-order valence-electron chi connectivity index (χ4n) is 0.872. The van der Waals surface area contributed by atoms with Crippen LogP contribution in [0.1, 0.15) is 20.3 Å². The van der Waals surface area contributed by atoms with Crippen LogP contribution in [-0.2, 0) is 9.59 Å². The molecular formula is C9H18N2O3. The van der Waals surface area contributed by atoms with E-state index in [4.69, 9.17) is 5.11 Å². The number of amides is 1. The van der Waals surface area contributed by atoms with Crippen molar-refractivity contribution in [1.29, 1.82) is 0 Å². The molecule has 0 saturated carbocycles. The van der Waals surface area contributed by atoms with Gasteiger partial charge in [-0.1, -0.05) is 6.92 Å². The standard InChI is InChI=1S/C9H18N2O3/c1-4-5-10-8(12)6-11(3)7(2)9(13)14/h7H,4-6H2,1-3H3,(H,10,12)(H,13,14). The summed E-state index contributed by atoms with van der Waals surface area (Å²) in [6.45, 7) is 4.26. The number of hydrogen-bond acceptors (Lipinski definition) is 3. The van der Waals surface area contributed by atoms with E-state index in [9.17, 15) is 9.59 Å². The molecule has 0 spiro atoms. The quantitative estimate of drug-likeness (QED) is 0.632. The Kier molecular flexibility index (Phi) is 5.87. The van der Waals surface area contributed by atoms with Gasteiger partial charge in [-0.25, -0.2) is 0 Å². The van der Waals surface area contributed by atoms with Crippen LogP contribution in [-0.4, -0.2) is 48.1 Å². The molecule has 5 heteroatoms. The molecular weight excluding hydrogens is 184 g/mol. The molecule has 0 saturated heterocycles. The Hall–Kier alpha value is -1.10. The smallest absolute Gasteiger partial charge is 0.320 e. The Labute approximate surface area is 84.1 Å². The van der Waals surface area contributed by atoms with Crippen molar-refractivity contribution in [1.82, 2.24) is 10.2 Å². The number of carboxylic acids is 1. The van der Waals surface area contributed by atoms with Crippen LogP contribution < -0.4 is 5.32 Å². The van der Waals surface area contributed by atoms with Gasteiger partial charge in [0, 0.05) is 6.54 Å². The minimum absolute atomic E-state index is 0.119. The summed E-state index contributed by atoms with van der Waals surface area (Å²) < 4.78 is 0. The van der Waals surface area contributed by atoms with Gasteiger partial charge in [-0.3, -0.25) is 14.5 Å². The van der Waals surface area contributed by atoms with E-state index in [2.05, 4.69) is 5.32 Å². The van der Waals surface area contributed by atoms with Crippen molar-refractivity contribution in [2.24, 2.45) is 0 Å². The third-order valence-electron chi connectivity index (χ3n) is 1.98. The molecule has 0 aromatic carbocycles.